The molecule has 0 saturated carbocycles. The molecule has 0 amide bonds. The Morgan fingerprint density at radius 3 is 2.46 bits per heavy atom. The second kappa shape index (κ2) is 8.35. The van der Waals surface area contributed by atoms with E-state index in [4.69, 9.17) is 0 Å². The molecule has 1 unspecified atom stereocenters. The van der Waals surface area contributed by atoms with Gasteiger partial charge in [-0.15, -0.1) is 0 Å². The molecule has 2 aliphatic rings. The standard InChI is InChI=1S/C36H33N/c1-21-14-22(2)16-26(15-21)32-19-33-31(29-8-5-6-9-30(29)32)13-12-25-18-27(17-23(3)35(25)33)28-10-7-11-34-36(28)24(4)20-37-34/h5,7-8,10-18,20,32,37H,6,9,19H2,1-4H3. The van der Waals surface area contributed by atoms with E-state index < -0.39 is 0 Å². The number of hydrogen-bond acceptors (Lipinski definition) is 0. The summed E-state index contributed by atoms with van der Waals surface area (Å²) >= 11 is 0. The number of benzene rings is 4. The van der Waals surface area contributed by atoms with Gasteiger partial charge in [0.1, 0.15) is 0 Å². The number of aryl methyl sites for hydroxylation is 4. The van der Waals surface area contributed by atoms with Crippen molar-refractivity contribution < 1.29 is 0 Å². The van der Waals surface area contributed by atoms with Crippen molar-refractivity contribution in [1.29, 1.82) is 0 Å². The Hall–Kier alpha value is -3.84. The highest BCUT2D eigenvalue weighted by Crippen LogP contribution is 2.48. The molecule has 2 aliphatic carbocycles. The molecule has 1 heterocycles. The molecule has 0 bridgehead atoms. The minimum absolute atomic E-state index is 0.451. The van der Waals surface area contributed by atoms with Gasteiger partial charge in [-0.25, -0.2) is 0 Å². The molecule has 5 aromatic rings. The number of fused-ring (bicyclic) bond motifs is 5. The topological polar surface area (TPSA) is 15.8 Å². The van der Waals surface area contributed by atoms with Gasteiger partial charge in [0.2, 0.25) is 0 Å². The Morgan fingerprint density at radius 2 is 1.62 bits per heavy atom. The van der Waals surface area contributed by atoms with E-state index in [1.807, 2.05) is 0 Å². The monoisotopic (exact) mass is 479 g/mol. The normalized spacial score (nSPS) is 16.9. The van der Waals surface area contributed by atoms with Crippen molar-refractivity contribution in [2.24, 2.45) is 0 Å². The molecule has 0 spiro atoms. The van der Waals surface area contributed by atoms with Crippen LogP contribution in [0.2, 0.25) is 0 Å². The zero-order chi connectivity index (χ0) is 25.3. The first-order valence-corrected chi connectivity index (χ1v) is 13.6. The van der Waals surface area contributed by atoms with E-state index in [1.165, 1.54) is 83.7 Å². The lowest BCUT2D eigenvalue weighted by Crippen LogP contribution is -2.17. The number of hydrogen-bond donors (Lipinski definition) is 1. The van der Waals surface area contributed by atoms with E-state index in [1.54, 1.807) is 5.57 Å². The average molecular weight is 480 g/mol. The first kappa shape index (κ1) is 22.4. The summed E-state index contributed by atoms with van der Waals surface area (Å²) in [6, 6.07) is 23.3. The first-order chi connectivity index (χ1) is 18.0. The molecule has 37 heavy (non-hydrogen) atoms. The molecule has 1 N–H and O–H groups in total. The smallest absolute Gasteiger partial charge is 0.0462 e. The van der Waals surface area contributed by atoms with Crippen molar-refractivity contribution >= 4 is 27.2 Å². The van der Waals surface area contributed by atoms with Gasteiger partial charge in [0, 0.05) is 23.0 Å². The number of allylic oxidation sites excluding steroid dienone is 4. The summed E-state index contributed by atoms with van der Waals surface area (Å²) in [5.74, 6) is 0.451. The van der Waals surface area contributed by atoms with Crippen LogP contribution >= 0.6 is 0 Å². The maximum atomic E-state index is 3.43. The van der Waals surface area contributed by atoms with Crippen LogP contribution in [0, 0.1) is 27.7 Å². The predicted octanol–water partition coefficient (Wildman–Crippen LogP) is 9.67. The second-order valence-electron chi connectivity index (χ2n) is 11.2. The minimum Gasteiger partial charge on any atom is -0.361 e. The molecule has 1 atom stereocenters. The van der Waals surface area contributed by atoms with E-state index in [9.17, 15) is 0 Å². The van der Waals surface area contributed by atoms with E-state index in [0.717, 1.165) is 12.8 Å². The Kier molecular flexibility index (Phi) is 5.05. The van der Waals surface area contributed by atoms with Crippen LogP contribution in [-0.4, -0.2) is 4.98 Å². The largest absolute Gasteiger partial charge is 0.361 e. The third-order valence-corrected chi connectivity index (χ3v) is 8.61. The summed E-state index contributed by atoms with van der Waals surface area (Å²) in [5.41, 5.74) is 16.8. The molecule has 7 rings (SSSR count). The summed E-state index contributed by atoms with van der Waals surface area (Å²) in [6.07, 6.45) is 10.3. The Balaban J connectivity index is 1.44. The van der Waals surface area contributed by atoms with Crippen molar-refractivity contribution in [1.82, 2.24) is 4.98 Å². The van der Waals surface area contributed by atoms with Crippen molar-refractivity contribution in [2.75, 3.05) is 0 Å². The highest BCUT2D eigenvalue weighted by atomic mass is 14.7. The van der Waals surface area contributed by atoms with E-state index in [2.05, 4.69) is 112 Å². The molecular formula is C36H33N. The molecule has 0 radical (unpaired) electrons. The zero-order valence-electron chi connectivity index (χ0n) is 22.2. The zero-order valence-corrected chi connectivity index (χ0v) is 22.2. The molecule has 1 nitrogen and oxygen atoms in total. The van der Waals surface area contributed by atoms with Crippen molar-refractivity contribution in [2.45, 2.75) is 52.9 Å². The maximum Gasteiger partial charge on any atom is 0.0462 e. The molecule has 4 aromatic carbocycles. The van der Waals surface area contributed by atoms with Crippen LogP contribution in [0.3, 0.4) is 0 Å². The van der Waals surface area contributed by atoms with E-state index in [0.29, 0.717) is 5.92 Å². The van der Waals surface area contributed by atoms with E-state index in [-0.39, 0.29) is 0 Å². The number of H-pyrrole nitrogens is 1. The highest BCUT2D eigenvalue weighted by Gasteiger charge is 2.30. The Morgan fingerprint density at radius 1 is 0.784 bits per heavy atom. The fraction of sp³-hybridized carbons (Fsp3) is 0.222. The summed E-state index contributed by atoms with van der Waals surface area (Å²) in [4.78, 5) is 3.43. The van der Waals surface area contributed by atoms with Crippen LogP contribution in [0.5, 0.6) is 0 Å². The number of nitrogens with one attached hydrogen (secondary N) is 1. The molecule has 1 aromatic heterocycles. The van der Waals surface area contributed by atoms with Crippen molar-refractivity contribution in [3.8, 4) is 11.1 Å². The van der Waals surface area contributed by atoms with Gasteiger partial charge in [-0.3, -0.25) is 0 Å². The fourth-order valence-corrected chi connectivity index (χ4v) is 7.15. The minimum atomic E-state index is 0.451. The lowest BCUT2D eigenvalue weighted by molar-refractivity contribution is 0.723. The molecule has 0 aliphatic heterocycles. The van der Waals surface area contributed by atoms with Gasteiger partial charge in [-0.2, -0.15) is 0 Å². The van der Waals surface area contributed by atoms with Crippen LogP contribution in [0.25, 0.3) is 38.4 Å². The summed E-state index contributed by atoms with van der Waals surface area (Å²) in [7, 11) is 0. The first-order valence-electron chi connectivity index (χ1n) is 13.6. The molecule has 0 saturated heterocycles. The molecule has 0 fully saturated rings. The van der Waals surface area contributed by atoms with Crippen LogP contribution in [0.15, 0.2) is 84.6 Å². The van der Waals surface area contributed by atoms with Crippen LogP contribution in [-0.2, 0) is 6.42 Å². The van der Waals surface area contributed by atoms with Crippen molar-refractivity contribution in [3.63, 3.8) is 0 Å². The van der Waals surface area contributed by atoms with Gasteiger partial charge in [0.25, 0.3) is 0 Å². The lowest BCUT2D eigenvalue weighted by Gasteiger charge is -2.33. The quantitative estimate of drug-likeness (QED) is 0.259. The predicted molar refractivity (Wildman–Crippen MR) is 158 cm³/mol. The van der Waals surface area contributed by atoms with Crippen LogP contribution in [0.4, 0.5) is 0 Å². The van der Waals surface area contributed by atoms with Gasteiger partial charge in [-0.05, 0) is 114 Å². The van der Waals surface area contributed by atoms with Gasteiger partial charge < -0.3 is 4.98 Å². The highest BCUT2D eigenvalue weighted by molar-refractivity contribution is 6.02. The number of aromatic nitrogens is 1. The van der Waals surface area contributed by atoms with Gasteiger partial charge >= 0.3 is 0 Å². The SMILES string of the molecule is Cc1cc(C)cc(C2Cc3c(ccc4cc(-c5cccc6[nH]cc(C)c56)cc(C)c34)C3=C2CCC=C3)c1. The van der Waals surface area contributed by atoms with Gasteiger partial charge in [0.05, 0.1) is 0 Å². The van der Waals surface area contributed by atoms with Crippen LogP contribution < -0.4 is 0 Å². The summed E-state index contributed by atoms with van der Waals surface area (Å²) < 4.78 is 0. The third kappa shape index (κ3) is 3.52. The molecule has 182 valence electrons. The van der Waals surface area contributed by atoms with Gasteiger partial charge in [0.15, 0.2) is 0 Å². The second-order valence-corrected chi connectivity index (χ2v) is 11.2. The van der Waals surface area contributed by atoms with Crippen LogP contribution in [0.1, 0.15) is 57.7 Å². The number of aromatic amines is 1. The maximum absolute atomic E-state index is 3.43. The Bertz CT molecular complexity index is 1770. The molecule has 1 heteroatoms. The average Bonchev–Trinajstić information content (AvgIpc) is 3.28. The number of rotatable bonds is 2. The summed E-state index contributed by atoms with van der Waals surface area (Å²) in [6.45, 7) is 8.97. The fourth-order valence-electron chi connectivity index (χ4n) is 7.15. The molecular weight excluding hydrogens is 446 g/mol. The third-order valence-electron chi connectivity index (χ3n) is 8.61. The summed E-state index contributed by atoms with van der Waals surface area (Å²) in [5, 5.41) is 4.12. The Labute approximate surface area is 219 Å². The van der Waals surface area contributed by atoms with E-state index >= 15 is 0 Å². The lowest BCUT2D eigenvalue weighted by atomic mass is 9.71. The van der Waals surface area contributed by atoms with Crippen molar-refractivity contribution in [3.05, 3.63) is 124 Å². The van der Waals surface area contributed by atoms with Gasteiger partial charge in [-0.1, -0.05) is 77.4 Å².